The smallest absolute Gasteiger partial charge is 0.317 e. The number of phenols is 1. The summed E-state index contributed by atoms with van der Waals surface area (Å²) >= 11 is 0. The first-order chi connectivity index (χ1) is 11.7. The van der Waals surface area contributed by atoms with Crippen LogP contribution < -0.4 is 4.74 Å². The van der Waals surface area contributed by atoms with E-state index < -0.39 is 23.3 Å². The van der Waals surface area contributed by atoms with Crippen LogP contribution in [0.15, 0.2) is 18.2 Å². The predicted molar refractivity (Wildman–Crippen MR) is 90.7 cm³/mol. The van der Waals surface area contributed by atoms with Crippen LogP contribution in [0.3, 0.4) is 0 Å². The third-order valence-corrected chi connectivity index (χ3v) is 5.01. The molecule has 6 nitrogen and oxygen atoms in total. The van der Waals surface area contributed by atoms with Gasteiger partial charge in [-0.2, -0.15) is 0 Å². The van der Waals surface area contributed by atoms with Gasteiger partial charge in [0, 0.05) is 18.4 Å². The molecule has 0 saturated carbocycles. The molecule has 0 aromatic heterocycles. The molecule has 0 amide bonds. The van der Waals surface area contributed by atoms with Crippen LogP contribution in [0.2, 0.25) is 0 Å². The number of methoxy groups -OCH3 is 1. The number of esters is 1. The Kier molecular flexibility index (Phi) is 5.50. The number of hydrogen-bond donors (Lipinski definition) is 1. The molecule has 0 spiro atoms. The van der Waals surface area contributed by atoms with Crippen molar-refractivity contribution in [3.63, 3.8) is 0 Å². The van der Waals surface area contributed by atoms with Gasteiger partial charge in [0.15, 0.2) is 5.78 Å². The predicted octanol–water partition coefficient (Wildman–Crippen LogP) is 2.91. The number of carbonyl (C=O) groups is 3. The fraction of sp³-hybridized carbons (Fsp3) is 0.526. The van der Waals surface area contributed by atoms with Crippen molar-refractivity contribution < 1.29 is 29.0 Å². The fourth-order valence-electron chi connectivity index (χ4n) is 3.26. The Hall–Kier alpha value is -2.37. The maximum absolute atomic E-state index is 12.8. The van der Waals surface area contributed by atoms with Crippen molar-refractivity contribution in [2.45, 2.75) is 45.6 Å². The van der Waals surface area contributed by atoms with E-state index in [1.54, 1.807) is 19.9 Å². The first kappa shape index (κ1) is 19.0. The molecule has 25 heavy (non-hydrogen) atoms. The van der Waals surface area contributed by atoms with Crippen LogP contribution in [-0.2, 0) is 14.3 Å². The Bertz CT molecular complexity index is 695. The molecule has 6 heteroatoms. The highest BCUT2D eigenvalue weighted by Gasteiger charge is 2.53. The monoisotopic (exact) mass is 348 g/mol. The molecule has 2 rings (SSSR count). The van der Waals surface area contributed by atoms with Crippen molar-refractivity contribution in [2.75, 3.05) is 7.11 Å². The molecule has 1 aliphatic rings. The zero-order chi connectivity index (χ0) is 18.8. The maximum atomic E-state index is 12.8. The quantitative estimate of drug-likeness (QED) is 0.463. The minimum absolute atomic E-state index is 0.0718. The van der Waals surface area contributed by atoms with Gasteiger partial charge in [0.2, 0.25) is 0 Å². The van der Waals surface area contributed by atoms with E-state index in [4.69, 9.17) is 9.47 Å². The molecule has 1 N–H and O–H groups in total. The van der Waals surface area contributed by atoms with E-state index in [9.17, 15) is 19.5 Å². The number of hydrogen-bond acceptors (Lipinski definition) is 6. The van der Waals surface area contributed by atoms with E-state index in [2.05, 4.69) is 0 Å². The highest BCUT2D eigenvalue weighted by molar-refractivity contribution is 6.11. The molecule has 0 radical (unpaired) electrons. The lowest BCUT2D eigenvalue weighted by Crippen LogP contribution is -2.33. The number of phenolic OH excluding ortho intramolecular Hbond substituents is 1. The van der Waals surface area contributed by atoms with Crippen LogP contribution in [-0.4, -0.2) is 35.4 Å². The molecule has 0 aliphatic carbocycles. The van der Waals surface area contributed by atoms with Crippen LogP contribution in [0.5, 0.6) is 11.5 Å². The van der Waals surface area contributed by atoms with E-state index in [1.165, 1.54) is 26.2 Å². The number of Topliss-reactive ketones (excluding diaryl/α,β-unsaturated/α-hetero) is 2. The molecular formula is C19H24O6. The van der Waals surface area contributed by atoms with Crippen molar-refractivity contribution in [1.29, 1.82) is 0 Å². The third-order valence-electron chi connectivity index (χ3n) is 5.01. The molecule has 3 unspecified atom stereocenters. The van der Waals surface area contributed by atoms with Gasteiger partial charge < -0.3 is 19.4 Å². The van der Waals surface area contributed by atoms with Gasteiger partial charge in [0.25, 0.3) is 0 Å². The zero-order valence-corrected chi connectivity index (χ0v) is 15.0. The van der Waals surface area contributed by atoms with Crippen LogP contribution >= 0.6 is 0 Å². The second-order valence-corrected chi connectivity index (χ2v) is 6.80. The van der Waals surface area contributed by atoms with Crippen molar-refractivity contribution in [3.05, 3.63) is 23.8 Å². The summed E-state index contributed by atoms with van der Waals surface area (Å²) in [7, 11) is 1.46. The minimum atomic E-state index is -0.971. The fourth-order valence-corrected chi connectivity index (χ4v) is 3.26. The average Bonchev–Trinajstić information content (AvgIpc) is 2.75. The van der Waals surface area contributed by atoms with Crippen LogP contribution in [0.4, 0.5) is 0 Å². The van der Waals surface area contributed by atoms with E-state index in [0.29, 0.717) is 25.0 Å². The Balaban J connectivity index is 2.20. The number of cyclic esters (lactones) is 1. The molecule has 1 heterocycles. The van der Waals surface area contributed by atoms with Crippen LogP contribution in [0.25, 0.3) is 0 Å². The molecular weight excluding hydrogens is 324 g/mol. The minimum Gasteiger partial charge on any atom is -0.507 e. The lowest BCUT2D eigenvalue weighted by atomic mass is 9.77. The van der Waals surface area contributed by atoms with E-state index in [-0.39, 0.29) is 23.0 Å². The molecule has 136 valence electrons. The van der Waals surface area contributed by atoms with Gasteiger partial charge >= 0.3 is 5.97 Å². The number of benzene rings is 1. The normalized spacial score (nSPS) is 25.5. The number of ketones is 2. The van der Waals surface area contributed by atoms with Crippen molar-refractivity contribution in [1.82, 2.24) is 0 Å². The Morgan fingerprint density at radius 1 is 1.36 bits per heavy atom. The second-order valence-electron chi connectivity index (χ2n) is 6.80. The maximum Gasteiger partial charge on any atom is 0.317 e. The van der Waals surface area contributed by atoms with Crippen LogP contribution in [0, 0.1) is 11.8 Å². The van der Waals surface area contributed by atoms with Crippen molar-refractivity contribution >= 4 is 17.5 Å². The summed E-state index contributed by atoms with van der Waals surface area (Å²) in [6, 6.07) is 4.34. The lowest BCUT2D eigenvalue weighted by molar-refractivity contribution is -0.149. The molecule has 1 saturated heterocycles. The number of carbonyl (C=O) groups excluding carboxylic acids is 3. The zero-order valence-electron chi connectivity index (χ0n) is 15.0. The summed E-state index contributed by atoms with van der Waals surface area (Å²) in [4.78, 5) is 36.2. The van der Waals surface area contributed by atoms with Gasteiger partial charge in [0.1, 0.15) is 28.8 Å². The van der Waals surface area contributed by atoms with Gasteiger partial charge in [-0.1, -0.05) is 6.92 Å². The average molecular weight is 348 g/mol. The lowest BCUT2D eigenvalue weighted by Gasteiger charge is -2.28. The molecule has 0 bridgehead atoms. The van der Waals surface area contributed by atoms with E-state index in [1.807, 2.05) is 0 Å². The summed E-state index contributed by atoms with van der Waals surface area (Å²) in [6.07, 6.45) is 1.52. The van der Waals surface area contributed by atoms with E-state index in [0.717, 1.165) is 0 Å². The largest absolute Gasteiger partial charge is 0.507 e. The van der Waals surface area contributed by atoms with Crippen molar-refractivity contribution in [3.8, 4) is 11.5 Å². The van der Waals surface area contributed by atoms with E-state index >= 15 is 0 Å². The Labute approximate surface area is 147 Å². The molecule has 1 fully saturated rings. The number of ether oxygens (including phenoxy) is 2. The molecule has 1 aliphatic heterocycles. The molecule has 3 atom stereocenters. The number of aromatic hydroxyl groups is 1. The molecule has 1 aromatic rings. The summed E-state index contributed by atoms with van der Waals surface area (Å²) in [5.74, 6) is -2.11. The van der Waals surface area contributed by atoms with Gasteiger partial charge in [-0.25, -0.2) is 0 Å². The summed E-state index contributed by atoms with van der Waals surface area (Å²) in [5.41, 5.74) is -0.725. The highest BCUT2D eigenvalue weighted by Crippen LogP contribution is 2.42. The molecule has 1 aromatic carbocycles. The SMILES string of the molecule is COc1ccc(C(=O)C2C(=O)OC(C)(CCCC(C)=O)C2C)c(O)c1. The standard InChI is InChI=1S/C19H24O6/c1-11(20)6-5-9-19(3)12(2)16(18(23)25-19)17(22)14-8-7-13(24-4)10-15(14)21/h7-8,10,12,16,21H,5-6,9H2,1-4H3. The van der Waals surface area contributed by atoms with Gasteiger partial charge in [0.05, 0.1) is 12.7 Å². The number of rotatable bonds is 7. The van der Waals surface area contributed by atoms with Crippen LogP contribution in [0.1, 0.15) is 50.4 Å². The second kappa shape index (κ2) is 7.25. The first-order valence-corrected chi connectivity index (χ1v) is 8.33. The summed E-state index contributed by atoms with van der Waals surface area (Å²) < 4.78 is 10.5. The Morgan fingerprint density at radius 3 is 2.60 bits per heavy atom. The van der Waals surface area contributed by atoms with Gasteiger partial charge in [-0.05, 0) is 38.8 Å². The van der Waals surface area contributed by atoms with Gasteiger partial charge in [-0.15, -0.1) is 0 Å². The highest BCUT2D eigenvalue weighted by atomic mass is 16.6. The Morgan fingerprint density at radius 2 is 2.04 bits per heavy atom. The summed E-state index contributed by atoms with van der Waals surface area (Å²) in [5, 5.41) is 10.1. The van der Waals surface area contributed by atoms with Gasteiger partial charge in [-0.3, -0.25) is 9.59 Å². The first-order valence-electron chi connectivity index (χ1n) is 8.33. The van der Waals surface area contributed by atoms with Crippen molar-refractivity contribution in [2.24, 2.45) is 11.8 Å². The third kappa shape index (κ3) is 3.83. The summed E-state index contributed by atoms with van der Waals surface area (Å²) in [6.45, 7) is 5.10. The topological polar surface area (TPSA) is 89.9 Å².